The van der Waals surface area contributed by atoms with Crippen LogP contribution in [-0.4, -0.2) is 40.7 Å². The normalized spacial score (nSPS) is 18.2. The molecule has 1 aromatic carbocycles. The molecule has 0 aromatic heterocycles. The predicted molar refractivity (Wildman–Crippen MR) is 80.0 cm³/mol. The lowest BCUT2D eigenvalue weighted by Crippen LogP contribution is -2.36. The van der Waals surface area contributed by atoms with Gasteiger partial charge in [0, 0.05) is 23.9 Å². The highest BCUT2D eigenvalue weighted by atomic mass is 32.2. The van der Waals surface area contributed by atoms with Crippen molar-refractivity contribution in [3.63, 3.8) is 0 Å². The van der Waals surface area contributed by atoms with Gasteiger partial charge in [-0.1, -0.05) is 12.1 Å². The maximum Gasteiger partial charge on any atom is 0.305 e. The molecule has 1 aliphatic heterocycles. The minimum Gasteiger partial charge on any atom is -0.481 e. The Morgan fingerprint density at radius 3 is 2.95 bits per heavy atom. The van der Waals surface area contributed by atoms with Crippen LogP contribution in [-0.2, 0) is 10.5 Å². The molecular formula is C15H19NO3S. The third-order valence-corrected chi connectivity index (χ3v) is 4.16. The largest absolute Gasteiger partial charge is 0.481 e. The van der Waals surface area contributed by atoms with Gasteiger partial charge >= 0.3 is 5.97 Å². The number of aliphatic carboxylic acids is 1. The number of carbonyl (C=O) groups excluding carboxylic acids is 1. The average molecular weight is 293 g/mol. The fraction of sp³-hybridized carbons (Fsp3) is 0.467. The number of carbonyl (C=O) groups is 2. The van der Waals surface area contributed by atoms with Crippen molar-refractivity contribution < 1.29 is 14.7 Å². The zero-order chi connectivity index (χ0) is 14.5. The number of amides is 1. The molecule has 1 aromatic rings. The van der Waals surface area contributed by atoms with Crippen LogP contribution < -0.4 is 0 Å². The fourth-order valence-corrected chi connectivity index (χ4v) is 3.16. The molecular weight excluding hydrogens is 274 g/mol. The molecule has 0 radical (unpaired) electrons. The van der Waals surface area contributed by atoms with E-state index in [1.165, 1.54) is 0 Å². The van der Waals surface area contributed by atoms with E-state index in [0.717, 1.165) is 24.2 Å². The Morgan fingerprint density at radius 1 is 1.45 bits per heavy atom. The third kappa shape index (κ3) is 3.54. The van der Waals surface area contributed by atoms with Crippen LogP contribution in [0.25, 0.3) is 0 Å². The maximum atomic E-state index is 12.5. The van der Waals surface area contributed by atoms with E-state index >= 15 is 0 Å². The number of carboxylic acids is 1. The number of nitrogens with zero attached hydrogens (tertiary/aromatic N) is 1. The van der Waals surface area contributed by atoms with Gasteiger partial charge in [0.05, 0.1) is 6.42 Å². The molecule has 1 unspecified atom stereocenters. The minimum absolute atomic E-state index is 0.0379. The molecule has 1 amide bonds. The Hall–Kier alpha value is -1.49. The molecule has 2 rings (SSSR count). The molecule has 1 atom stereocenters. The van der Waals surface area contributed by atoms with E-state index < -0.39 is 5.97 Å². The molecule has 0 bridgehead atoms. The topological polar surface area (TPSA) is 57.6 Å². The molecule has 0 spiro atoms. The van der Waals surface area contributed by atoms with Crippen LogP contribution in [0.15, 0.2) is 24.3 Å². The molecule has 108 valence electrons. The zero-order valence-electron chi connectivity index (χ0n) is 11.5. The summed E-state index contributed by atoms with van der Waals surface area (Å²) in [4.78, 5) is 25.1. The zero-order valence-corrected chi connectivity index (χ0v) is 12.4. The van der Waals surface area contributed by atoms with Gasteiger partial charge in [-0.15, -0.1) is 0 Å². The Balaban J connectivity index is 2.13. The van der Waals surface area contributed by atoms with Crippen LogP contribution in [0.4, 0.5) is 0 Å². The molecule has 0 saturated carbocycles. The molecule has 1 aliphatic rings. The van der Waals surface area contributed by atoms with Gasteiger partial charge in [0.15, 0.2) is 0 Å². The molecule has 4 nitrogen and oxygen atoms in total. The van der Waals surface area contributed by atoms with E-state index in [-0.39, 0.29) is 18.4 Å². The van der Waals surface area contributed by atoms with Crippen LogP contribution in [0.5, 0.6) is 0 Å². The molecule has 0 aliphatic carbocycles. The lowest BCUT2D eigenvalue weighted by molar-refractivity contribution is -0.137. The SMILES string of the molecule is CSCc1cccc(C(=O)N2CCCC2CC(=O)O)c1. The fourth-order valence-electron chi connectivity index (χ4n) is 2.64. The van der Waals surface area contributed by atoms with Crippen molar-refractivity contribution in [3.8, 4) is 0 Å². The first kappa shape index (κ1) is 14.9. The van der Waals surface area contributed by atoms with Crippen LogP contribution in [0.1, 0.15) is 35.2 Å². The van der Waals surface area contributed by atoms with Crippen molar-refractivity contribution in [2.24, 2.45) is 0 Å². The van der Waals surface area contributed by atoms with Crippen LogP contribution in [0, 0.1) is 0 Å². The highest BCUT2D eigenvalue weighted by Gasteiger charge is 2.30. The highest BCUT2D eigenvalue weighted by molar-refractivity contribution is 7.97. The number of rotatable bonds is 5. The van der Waals surface area contributed by atoms with E-state index in [0.29, 0.717) is 12.1 Å². The number of carboxylic acid groups (broad SMARTS) is 1. The van der Waals surface area contributed by atoms with E-state index in [1.54, 1.807) is 16.7 Å². The lowest BCUT2D eigenvalue weighted by Gasteiger charge is -2.23. The first-order chi connectivity index (χ1) is 9.61. The minimum atomic E-state index is -0.842. The molecule has 5 heteroatoms. The van der Waals surface area contributed by atoms with Crippen LogP contribution >= 0.6 is 11.8 Å². The maximum absolute atomic E-state index is 12.5. The summed E-state index contributed by atoms with van der Waals surface area (Å²) in [7, 11) is 0. The Labute approximate surface area is 123 Å². The van der Waals surface area contributed by atoms with Crippen LogP contribution in [0.3, 0.4) is 0 Å². The number of hydrogen-bond donors (Lipinski definition) is 1. The summed E-state index contributed by atoms with van der Waals surface area (Å²) < 4.78 is 0. The Bertz CT molecular complexity index is 504. The average Bonchev–Trinajstić information content (AvgIpc) is 2.86. The number of benzene rings is 1. The quantitative estimate of drug-likeness (QED) is 0.906. The summed E-state index contributed by atoms with van der Waals surface area (Å²) in [6, 6.07) is 7.45. The first-order valence-corrected chi connectivity index (χ1v) is 8.12. The smallest absolute Gasteiger partial charge is 0.305 e. The van der Waals surface area contributed by atoms with E-state index in [9.17, 15) is 9.59 Å². The number of likely N-dealkylation sites (tertiary alicyclic amines) is 1. The van der Waals surface area contributed by atoms with Crippen molar-refractivity contribution in [2.75, 3.05) is 12.8 Å². The molecule has 20 heavy (non-hydrogen) atoms. The van der Waals surface area contributed by atoms with Gasteiger partial charge in [0.2, 0.25) is 0 Å². The number of hydrogen-bond acceptors (Lipinski definition) is 3. The second-order valence-corrected chi connectivity index (χ2v) is 5.89. The molecule has 1 heterocycles. The van der Waals surface area contributed by atoms with Gasteiger partial charge in [-0.3, -0.25) is 9.59 Å². The van der Waals surface area contributed by atoms with Gasteiger partial charge in [0.1, 0.15) is 0 Å². The molecule has 1 fully saturated rings. The third-order valence-electron chi connectivity index (χ3n) is 3.53. The summed E-state index contributed by atoms with van der Waals surface area (Å²) in [6.07, 6.45) is 3.73. The van der Waals surface area contributed by atoms with Crippen molar-refractivity contribution in [1.29, 1.82) is 0 Å². The Kier molecular flexibility index (Phi) is 5.06. The number of thioether (sulfide) groups is 1. The van der Waals surface area contributed by atoms with Crippen LogP contribution in [0.2, 0.25) is 0 Å². The lowest BCUT2D eigenvalue weighted by atomic mass is 10.1. The van der Waals surface area contributed by atoms with E-state index in [4.69, 9.17) is 5.11 Å². The van der Waals surface area contributed by atoms with Crippen molar-refractivity contribution in [1.82, 2.24) is 4.90 Å². The summed E-state index contributed by atoms with van der Waals surface area (Å²) in [5.74, 6) is -0.0119. The van der Waals surface area contributed by atoms with Gasteiger partial charge < -0.3 is 10.0 Å². The van der Waals surface area contributed by atoms with Gasteiger partial charge in [-0.25, -0.2) is 0 Å². The Morgan fingerprint density at radius 2 is 2.25 bits per heavy atom. The van der Waals surface area contributed by atoms with Gasteiger partial charge in [-0.2, -0.15) is 11.8 Å². The van der Waals surface area contributed by atoms with E-state index in [2.05, 4.69) is 0 Å². The van der Waals surface area contributed by atoms with Crippen molar-refractivity contribution >= 4 is 23.6 Å². The van der Waals surface area contributed by atoms with Crippen molar-refractivity contribution in [3.05, 3.63) is 35.4 Å². The van der Waals surface area contributed by atoms with Crippen molar-refractivity contribution in [2.45, 2.75) is 31.1 Å². The summed E-state index contributed by atoms with van der Waals surface area (Å²) in [5.41, 5.74) is 1.78. The monoisotopic (exact) mass is 293 g/mol. The van der Waals surface area contributed by atoms with E-state index in [1.807, 2.05) is 30.5 Å². The molecule has 1 N–H and O–H groups in total. The van der Waals surface area contributed by atoms with Gasteiger partial charge in [0.25, 0.3) is 5.91 Å². The second kappa shape index (κ2) is 6.79. The summed E-state index contributed by atoms with van der Waals surface area (Å²) in [6.45, 7) is 0.656. The summed E-state index contributed by atoms with van der Waals surface area (Å²) in [5, 5.41) is 8.92. The standard InChI is InChI=1S/C15H19NO3S/c1-20-10-11-4-2-5-12(8-11)15(19)16-7-3-6-13(16)9-14(17)18/h2,4-5,8,13H,3,6-7,9-10H2,1H3,(H,17,18). The predicted octanol–water partition coefficient (Wildman–Crippen LogP) is 2.63. The van der Waals surface area contributed by atoms with Gasteiger partial charge in [-0.05, 0) is 36.8 Å². The second-order valence-electron chi connectivity index (χ2n) is 5.03. The molecule has 1 saturated heterocycles. The summed E-state index contributed by atoms with van der Waals surface area (Å²) >= 11 is 1.71. The highest BCUT2D eigenvalue weighted by Crippen LogP contribution is 2.23. The first-order valence-electron chi connectivity index (χ1n) is 6.72.